The van der Waals surface area contributed by atoms with Gasteiger partial charge in [-0.2, -0.15) is 0 Å². The number of amides is 1. The molecular weight excluding hydrogens is 406 g/mol. The molecule has 1 saturated heterocycles. The minimum Gasteiger partial charge on any atom is -0.507 e. The standard InChI is InChI=1S/C26H25NO5/c1-5-31-19-8-6-7-18(14-19)24(28)22-23(21-12-10-17(4)32-21)27(26(30)25(22)29)20-11-9-15(2)13-16(20)3/h6-14,23,28H,5H2,1-4H3/b24-22-. The first-order valence-electron chi connectivity index (χ1n) is 10.5. The maximum absolute atomic E-state index is 13.2. The van der Waals surface area contributed by atoms with E-state index in [2.05, 4.69) is 0 Å². The zero-order valence-electron chi connectivity index (χ0n) is 18.5. The third-order valence-electron chi connectivity index (χ3n) is 5.51. The van der Waals surface area contributed by atoms with Crippen molar-refractivity contribution in [1.29, 1.82) is 0 Å². The Balaban J connectivity index is 1.93. The van der Waals surface area contributed by atoms with Crippen LogP contribution in [0.2, 0.25) is 0 Å². The molecule has 2 heterocycles. The average Bonchev–Trinajstić information content (AvgIpc) is 3.29. The second kappa shape index (κ2) is 8.38. The maximum Gasteiger partial charge on any atom is 0.300 e. The molecule has 6 heteroatoms. The summed E-state index contributed by atoms with van der Waals surface area (Å²) in [7, 11) is 0. The molecule has 1 aliphatic rings. The molecule has 0 bridgehead atoms. The molecule has 1 N–H and O–H groups in total. The molecule has 1 aromatic heterocycles. The van der Waals surface area contributed by atoms with Crippen molar-refractivity contribution < 1.29 is 23.8 Å². The Morgan fingerprint density at radius 2 is 1.84 bits per heavy atom. The quantitative estimate of drug-likeness (QED) is 0.340. The lowest BCUT2D eigenvalue weighted by Crippen LogP contribution is -2.30. The molecule has 1 atom stereocenters. The molecule has 3 aromatic rings. The number of carbonyl (C=O) groups is 2. The lowest BCUT2D eigenvalue weighted by Gasteiger charge is -2.25. The van der Waals surface area contributed by atoms with Crippen molar-refractivity contribution in [2.24, 2.45) is 0 Å². The monoisotopic (exact) mass is 431 g/mol. The summed E-state index contributed by atoms with van der Waals surface area (Å²) in [6.07, 6.45) is 0. The van der Waals surface area contributed by atoms with Crippen LogP contribution in [-0.4, -0.2) is 23.4 Å². The number of aliphatic hydroxyl groups is 1. The highest BCUT2D eigenvalue weighted by atomic mass is 16.5. The summed E-state index contributed by atoms with van der Waals surface area (Å²) in [6.45, 7) is 7.97. The predicted octanol–water partition coefficient (Wildman–Crippen LogP) is 5.23. The van der Waals surface area contributed by atoms with Gasteiger partial charge in [-0.1, -0.05) is 29.8 Å². The van der Waals surface area contributed by atoms with Crippen LogP contribution in [0.15, 0.2) is 64.6 Å². The van der Waals surface area contributed by atoms with E-state index in [-0.39, 0.29) is 11.3 Å². The zero-order valence-corrected chi connectivity index (χ0v) is 18.5. The van der Waals surface area contributed by atoms with Crippen LogP contribution in [0.3, 0.4) is 0 Å². The molecule has 2 aromatic carbocycles. The van der Waals surface area contributed by atoms with Gasteiger partial charge >= 0.3 is 0 Å². The molecule has 1 amide bonds. The fourth-order valence-electron chi connectivity index (χ4n) is 4.08. The number of Topliss-reactive ketones (excluding diaryl/α,β-unsaturated/α-hetero) is 1. The first-order valence-corrected chi connectivity index (χ1v) is 10.5. The third-order valence-corrected chi connectivity index (χ3v) is 5.51. The predicted molar refractivity (Wildman–Crippen MR) is 122 cm³/mol. The van der Waals surface area contributed by atoms with Gasteiger partial charge in [-0.3, -0.25) is 14.5 Å². The van der Waals surface area contributed by atoms with Crippen molar-refractivity contribution in [2.45, 2.75) is 33.7 Å². The second-order valence-electron chi connectivity index (χ2n) is 7.87. The van der Waals surface area contributed by atoms with Gasteiger partial charge in [0.1, 0.15) is 29.1 Å². The number of ketones is 1. The normalized spacial score (nSPS) is 17.8. The second-order valence-corrected chi connectivity index (χ2v) is 7.87. The minimum atomic E-state index is -0.888. The maximum atomic E-state index is 13.2. The minimum absolute atomic E-state index is 0.0158. The number of hydrogen-bond acceptors (Lipinski definition) is 5. The highest BCUT2D eigenvalue weighted by Crippen LogP contribution is 2.43. The number of nitrogens with zero attached hydrogens (tertiary/aromatic N) is 1. The number of aliphatic hydroxyl groups excluding tert-OH is 1. The van der Waals surface area contributed by atoms with E-state index in [4.69, 9.17) is 9.15 Å². The number of anilines is 1. The summed E-state index contributed by atoms with van der Waals surface area (Å²) < 4.78 is 11.4. The van der Waals surface area contributed by atoms with Crippen LogP contribution in [0.1, 0.15) is 41.2 Å². The topological polar surface area (TPSA) is 80.0 Å². The van der Waals surface area contributed by atoms with Crippen LogP contribution in [0.4, 0.5) is 5.69 Å². The Morgan fingerprint density at radius 1 is 1.06 bits per heavy atom. The van der Waals surface area contributed by atoms with E-state index >= 15 is 0 Å². The van der Waals surface area contributed by atoms with Crippen molar-refractivity contribution in [3.8, 4) is 5.75 Å². The van der Waals surface area contributed by atoms with E-state index in [1.165, 1.54) is 4.90 Å². The third kappa shape index (κ3) is 3.68. The van der Waals surface area contributed by atoms with Crippen LogP contribution in [-0.2, 0) is 9.59 Å². The van der Waals surface area contributed by atoms with Gasteiger partial charge in [0.15, 0.2) is 0 Å². The molecule has 0 spiro atoms. The van der Waals surface area contributed by atoms with Gasteiger partial charge in [-0.05, 0) is 63.6 Å². The molecule has 32 heavy (non-hydrogen) atoms. The van der Waals surface area contributed by atoms with Gasteiger partial charge in [0.25, 0.3) is 11.7 Å². The number of ether oxygens (including phenoxy) is 1. The molecule has 4 rings (SSSR count). The molecule has 0 saturated carbocycles. The van der Waals surface area contributed by atoms with Crippen LogP contribution in [0.25, 0.3) is 5.76 Å². The van der Waals surface area contributed by atoms with Crippen molar-refractivity contribution in [3.05, 3.63) is 88.4 Å². The molecule has 6 nitrogen and oxygen atoms in total. The van der Waals surface area contributed by atoms with E-state index in [1.54, 1.807) is 43.3 Å². The van der Waals surface area contributed by atoms with E-state index < -0.39 is 17.7 Å². The largest absolute Gasteiger partial charge is 0.507 e. The van der Waals surface area contributed by atoms with Gasteiger partial charge in [0.2, 0.25) is 0 Å². The number of carbonyl (C=O) groups excluding carboxylic acids is 2. The summed E-state index contributed by atoms with van der Waals surface area (Å²) in [6, 6.07) is 15.1. The van der Waals surface area contributed by atoms with Crippen molar-refractivity contribution in [2.75, 3.05) is 11.5 Å². The van der Waals surface area contributed by atoms with Crippen LogP contribution in [0, 0.1) is 20.8 Å². The zero-order chi connectivity index (χ0) is 23.0. The van der Waals surface area contributed by atoms with Crippen molar-refractivity contribution in [3.63, 3.8) is 0 Å². The SMILES string of the molecule is CCOc1cccc(/C(O)=C2/C(=O)C(=O)N(c3ccc(C)cc3C)C2c2ccc(C)o2)c1. The highest BCUT2D eigenvalue weighted by molar-refractivity contribution is 6.51. The van der Waals surface area contributed by atoms with E-state index in [0.717, 1.165) is 11.1 Å². The van der Waals surface area contributed by atoms with Gasteiger partial charge in [0, 0.05) is 11.3 Å². The number of benzene rings is 2. The summed E-state index contributed by atoms with van der Waals surface area (Å²) in [5, 5.41) is 11.2. The Morgan fingerprint density at radius 3 is 2.50 bits per heavy atom. The number of furan rings is 1. The Labute approximate surface area is 186 Å². The lowest BCUT2D eigenvalue weighted by molar-refractivity contribution is -0.132. The summed E-state index contributed by atoms with van der Waals surface area (Å²) >= 11 is 0. The molecule has 0 radical (unpaired) electrons. The first kappa shape index (κ1) is 21.4. The smallest absolute Gasteiger partial charge is 0.300 e. The fraction of sp³-hybridized carbons (Fsp3) is 0.231. The number of hydrogen-bond donors (Lipinski definition) is 1. The van der Waals surface area contributed by atoms with Crippen LogP contribution >= 0.6 is 0 Å². The average molecular weight is 431 g/mol. The Kier molecular flexibility index (Phi) is 5.61. The molecule has 1 unspecified atom stereocenters. The van der Waals surface area contributed by atoms with Crippen molar-refractivity contribution in [1.82, 2.24) is 0 Å². The number of aryl methyl sites for hydroxylation is 3. The molecule has 1 aliphatic heterocycles. The highest BCUT2D eigenvalue weighted by Gasteiger charge is 2.48. The Hall–Kier alpha value is -3.80. The van der Waals surface area contributed by atoms with Crippen molar-refractivity contribution >= 4 is 23.1 Å². The molecule has 0 aliphatic carbocycles. The fourth-order valence-corrected chi connectivity index (χ4v) is 4.08. The molecule has 164 valence electrons. The first-order chi connectivity index (χ1) is 15.3. The number of rotatable bonds is 5. The van der Waals surface area contributed by atoms with Crippen LogP contribution in [0.5, 0.6) is 5.75 Å². The van der Waals surface area contributed by atoms with E-state index in [0.29, 0.717) is 35.1 Å². The van der Waals surface area contributed by atoms with Gasteiger partial charge in [0.05, 0.1) is 12.2 Å². The summed E-state index contributed by atoms with van der Waals surface area (Å²) in [5.74, 6) is -0.127. The summed E-state index contributed by atoms with van der Waals surface area (Å²) in [4.78, 5) is 27.8. The van der Waals surface area contributed by atoms with Crippen LogP contribution < -0.4 is 9.64 Å². The van der Waals surface area contributed by atoms with Gasteiger partial charge < -0.3 is 14.3 Å². The molecular formula is C26H25NO5. The lowest BCUT2D eigenvalue weighted by atomic mass is 9.98. The van der Waals surface area contributed by atoms with E-state index in [9.17, 15) is 14.7 Å². The molecule has 1 fully saturated rings. The summed E-state index contributed by atoms with van der Waals surface area (Å²) in [5.41, 5.74) is 2.86. The van der Waals surface area contributed by atoms with Gasteiger partial charge in [-0.15, -0.1) is 0 Å². The van der Waals surface area contributed by atoms with Gasteiger partial charge in [-0.25, -0.2) is 0 Å². The Bertz CT molecular complexity index is 1240. The van der Waals surface area contributed by atoms with E-state index in [1.807, 2.05) is 39.0 Å².